The third-order valence-electron chi connectivity index (χ3n) is 3.45. The second-order valence-corrected chi connectivity index (χ2v) is 6.55. The molecule has 132 valence electrons. The van der Waals surface area contributed by atoms with Crippen molar-refractivity contribution >= 4 is 0 Å². The second-order valence-electron chi connectivity index (χ2n) is 6.55. The molecule has 1 atom stereocenters. The Balaban J connectivity index is 1.67. The lowest BCUT2D eigenvalue weighted by molar-refractivity contribution is 0.0115. The molecule has 0 saturated heterocycles. The van der Waals surface area contributed by atoms with Gasteiger partial charge in [-0.15, -0.1) is 0 Å². The van der Waals surface area contributed by atoms with Gasteiger partial charge in [0.1, 0.15) is 0 Å². The van der Waals surface area contributed by atoms with Crippen LogP contribution in [-0.2, 0) is 24.3 Å². The number of aromatic nitrogens is 2. The Bertz CT molecular complexity index is 586. The van der Waals surface area contributed by atoms with Gasteiger partial charge in [-0.2, -0.15) is 4.98 Å². The lowest BCUT2D eigenvalue weighted by Crippen LogP contribution is -2.32. The summed E-state index contributed by atoms with van der Waals surface area (Å²) in [6, 6.07) is 9.92. The number of hydrogen-bond acceptors (Lipinski definition) is 6. The van der Waals surface area contributed by atoms with Gasteiger partial charge < -0.3 is 14.4 Å². The average molecular weight is 333 g/mol. The van der Waals surface area contributed by atoms with E-state index in [2.05, 4.69) is 24.0 Å². The van der Waals surface area contributed by atoms with Crippen LogP contribution in [-0.4, -0.2) is 46.5 Å². The summed E-state index contributed by atoms with van der Waals surface area (Å²) in [7, 11) is 1.91. The molecule has 0 spiro atoms. The van der Waals surface area contributed by atoms with Crippen molar-refractivity contribution in [2.24, 2.45) is 5.92 Å². The van der Waals surface area contributed by atoms with Gasteiger partial charge in [-0.3, -0.25) is 4.90 Å². The number of hydrogen-bond donors (Lipinski definition) is 1. The molecule has 1 heterocycles. The Kier molecular flexibility index (Phi) is 7.36. The predicted octanol–water partition coefficient (Wildman–Crippen LogP) is 2.28. The number of benzene rings is 1. The Morgan fingerprint density at radius 1 is 1.25 bits per heavy atom. The van der Waals surface area contributed by atoms with Crippen LogP contribution in [0.2, 0.25) is 0 Å². The van der Waals surface area contributed by atoms with Crippen LogP contribution in [0, 0.1) is 5.92 Å². The number of ether oxygens (including phenoxy) is 1. The number of nitrogens with zero attached hydrogens (tertiary/aromatic N) is 3. The van der Waals surface area contributed by atoms with Gasteiger partial charge in [-0.05, 0) is 18.5 Å². The molecular weight excluding hydrogens is 306 g/mol. The van der Waals surface area contributed by atoms with E-state index in [0.717, 1.165) is 17.8 Å². The summed E-state index contributed by atoms with van der Waals surface area (Å²) in [6.07, 6.45) is 0.250. The number of rotatable bonds is 10. The Morgan fingerprint density at radius 3 is 2.71 bits per heavy atom. The van der Waals surface area contributed by atoms with Gasteiger partial charge in [0.05, 0.1) is 25.9 Å². The van der Waals surface area contributed by atoms with Crippen molar-refractivity contribution in [1.29, 1.82) is 0 Å². The topological polar surface area (TPSA) is 71.6 Å². The largest absolute Gasteiger partial charge is 0.389 e. The van der Waals surface area contributed by atoms with Gasteiger partial charge in [-0.1, -0.05) is 49.3 Å². The summed E-state index contributed by atoms with van der Waals surface area (Å²) in [5, 5.41) is 14.0. The Hall–Kier alpha value is -1.76. The molecule has 0 aliphatic rings. The predicted molar refractivity (Wildman–Crippen MR) is 91.3 cm³/mol. The quantitative estimate of drug-likeness (QED) is 0.719. The normalized spacial score (nSPS) is 12.9. The van der Waals surface area contributed by atoms with Crippen molar-refractivity contribution in [3.63, 3.8) is 0 Å². The van der Waals surface area contributed by atoms with E-state index in [4.69, 9.17) is 9.26 Å². The van der Waals surface area contributed by atoms with E-state index in [1.165, 1.54) is 0 Å². The molecule has 1 unspecified atom stereocenters. The highest BCUT2D eigenvalue weighted by Gasteiger charge is 2.13. The van der Waals surface area contributed by atoms with Crippen LogP contribution < -0.4 is 0 Å². The summed E-state index contributed by atoms with van der Waals surface area (Å²) in [4.78, 5) is 6.31. The first-order valence-electron chi connectivity index (χ1n) is 8.32. The van der Waals surface area contributed by atoms with E-state index in [-0.39, 0.29) is 0 Å². The maximum Gasteiger partial charge on any atom is 0.240 e. The van der Waals surface area contributed by atoms with Crippen molar-refractivity contribution in [2.75, 3.05) is 20.2 Å². The van der Waals surface area contributed by atoms with Crippen molar-refractivity contribution in [3.05, 3.63) is 47.6 Å². The second kappa shape index (κ2) is 9.52. The first-order valence-corrected chi connectivity index (χ1v) is 8.32. The SMILES string of the molecule is CC(C)Cc1noc(CN(C)CC(O)COCc2ccccc2)n1. The molecule has 2 rings (SSSR count). The number of aliphatic hydroxyl groups is 1. The van der Waals surface area contributed by atoms with Crippen molar-refractivity contribution in [2.45, 2.75) is 39.5 Å². The van der Waals surface area contributed by atoms with Gasteiger partial charge >= 0.3 is 0 Å². The van der Waals surface area contributed by atoms with E-state index in [1.54, 1.807) is 0 Å². The van der Waals surface area contributed by atoms with E-state index >= 15 is 0 Å². The van der Waals surface area contributed by atoms with Crippen LogP contribution in [0.3, 0.4) is 0 Å². The zero-order valence-corrected chi connectivity index (χ0v) is 14.7. The van der Waals surface area contributed by atoms with E-state index < -0.39 is 6.10 Å². The lowest BCUT2D eigenvalue weighted by atomic mass is 10.1. The maximum absolute atomic E-state index is 10.1. The van der Waals surface area contributed by atoms with E-state index in [9.17, 15) is 5.11 Å². The molecule has 1 aromatic heterocycles. The molecule has 1 N–H and O–H groups in total. The number of likely N-dealkylation sites (N-methyl/N-ethyl adjacent to an activating group) is 1. The fourth-order valence-electron chi connectivity index (χ4n) is 2.40. The minimum Gasteiger partial charge on any atom is -0.389 e. The smallest absolute Gasteiger partial charge is 0.240 e. The summed E-state index contributed by atoms with van der Waals surface area (Å²) < 4.78 is 10.8. The third-order valence-corrected chi connectivity index (χ3v) is 3.45. The Labute approximate surface area is 143 Å². The van der Waals surface area contributed by atoms with Crippen LogP contribution >= 0.6 is 0 Å². The van der Waals surface area contributed by atoms with Gasteiger partial charge in [0.2, 0.25) is 5.89 Å². The highest BCUT2D eigenvalue weighted by molar-refractivity contribution is 5.13. The number of aliphatic hydroxyl groups excluding tert-OH is 1. The molecular formula is C18H27N3O3. The molecule has 2 aromatic rings. The van der Waals surface area contributed by atoms with Crippen LogP contribution in [0.5, 0.6) is 0 Å². The van der Waals surface area contributed by atoms with Crippen LogP contribution in [0.4, 0.5) is 0 Å². The minimum atomic E-state index is -0.559. The molecule has 0 fully saturated rings. The molecule has 6 heteroatoms. The van der Waals surface area contributed by atoms with Crippen molar-refractivity contribution in [1.82, 2.24) is 15.0 Å². The summed E-state index contributed by atoms with van der Waals surface area (Å²) >= 11 is 0. The fourth-order valence-corrected chi connectivity index (χ4v) is 2.40. The molecule has 1 aromatic carbocycles. The third kappa shape index (κ3) is 6.78. The highest BCUT2D eigenvalue weighted by atomic mass is 16.5. The zero-order valence-electron chi connectivity index (χ0n) is 14.7. The van der Waals surface area contributed by atoms with Gasteiger partial charge in [0.15, 0.2) is 5.82 Å². The van der Waals surface area contributed by atoms with Gasteiger partial charge in [0, 0.05) is 13.0 Å². The first kappa shape index (κ1) is 18.6. The molecule has 0 amide bonds. The van der Waals surface area contributed by atoms with E-state index in [1.807, 2.05) is 42.3 Å². The molecule has 0 aliphatic carbocycles. The molecule has 0 radical (unpaired) electrons. The fraction of sp³-hybridized carbons (Fsp3) is 0.556. The molecule has 6 nitrogen and oxygen atoms in total. The lowest BCUT2D eigenvalue weighted by Gasteiger charge is -2.18. The van der Waals surface area contributed by atoms with Crippen LogP contribution in [0.1, 0.15) is 31.1 Å². The first-order chi connectivity index (χ1) is 11.5. The standard InChI is InChI=1S/C18H27N3O3/c1-14(2)9-17-19-18(24-20-17)11-21(3)10-16(22)13-23-12-15-7-5-4-6-8-15/h4-8,14,16,22H,9-13H2,1-3H3. The van der Waals surface area contributed by atoms with Crippen molar-refractivity contribution < 1.29 is 14.4 Å². The summed E-state index contributed by atoms with van der Waals surface area (Å²) in [5.41, 5.74) is 1.10. The molecule has 24 heavy (non-hydrogen) atoms. The zero-order chi connectivity index (χ0) is 17.4. The average Bonchev–Trinajstić information content (AvgIpc) is 2.94. The molecule has 0 aliphatic heterocycles. The Morgan fingerprint density at radius 2 is 2.00 bits per heavy atom. The molecule has 0 bridgehead atoms. The monoisotopic (exact) mass is 333 g/mol. The van der Waals surface area contributed by atoms with Crippen LogP contribution in [0.25, 0.3) is 0 Å². The van der Waals surface area contributed by atoms with Gasteiger partial charge in [-0.25, -0.2) is 0 Å². The maximum atomic E-state index is 10.1. The minimum absolute atomic E-state index is 0.293. The summed E-state index contributed by atoms with van der Waals surface area (Å²) in [5.74, 6) is 1.81. The van der Waals surface area contributed by atoms with E-state index in [0.29, 0.717) is 38.1 Å². The molecule has 0 saturated carbocycles. The van der Waals surface area contributed by atoms with Crippen molar-refractivity contribution in [3.8, 4) is 0 Å². The van der Waals surface area contributed by atoms with Crippen LogP contribution in [0.15, 0.2) is 34.9 Å². The van der Waals surface area contributed by atoms with Gasteiger partial charge in [0.25, 0.3) is 0 Å². The highest BCUT2D eigenvalue weighted by Crippen LogP contribution is 2.07. The summed E-state index contributed by atoms with van der Waals surface area (Å²) in [6.45, 7) is 6.03.